The molecule has 1 aromatic carbocycles. The van der Waals surface area contributed by atoms with E-state index in [2.05, 4.69) is 10.6 Å². The van der Waals surface area contributed by atoms with Crippen LogP contribution in [0, 0.1) is 5.41 Å². The van der Waals surface area contributed by atoms with Gasteiger partial charge in [0.1, 0.15) is 5.75 Å². The highest BCUT2D eigenvalue weighted by molar-refractivity contribution is 5.98. The summed E-state index contributed by atoms with van der Waals surface area (Å²) in [5.74, 6) is -1.43. The van der Waals surface area contributed by atoms with Crippen molar-refractivity contribution in [3.63, 3.8) is 0 Å². The Bertz CT molecular complexity index is 536. The zero-order chi connectivity index (χ0) is 14.8. The standard InChI is InChI=1S/C14H18N2O4/c1-2-14(5-6-15-8-14)13(20)16-10-7-9(12(18)19)3-4-11(10)17/h3-4,7,15,17H,2,5-6,8H2,1H3,(H,16,20)(H,18,19). The lowest BCUT2D eigenvalue weighted by molar-refractivity contribution is -0.124. The fourth-order valence-electron chi connectivity index (χ4n) is 2.42. The molecule has 1 atom stereocenters. The number of rotatable bonds is 4. The van der Waals surface area contributed by atoms with E-state index in [9.17, 15) is 14.7 Å². The molecule has 0 bridgehead atoms. The highest BCUT2D eigenvalue weighted by atomic mass is 16.4. The fraction of sp³-hybridized carbons (Fsp3) is 0.429. The SMILES string of the molecule is CCC1(C(=O)Nc2cc(C(=O)O)ccc2O)CCNC1. The van der Waals surface area contributed by atoms with Crippen molar-refractivity contribution in [2.24, 2.45) is 5.41 Å². The molecule has 1 saturated heterocycles. The quantitative estimate of drug-likeness (QED) is 0.624. The average molecular weight is 278 g/mol. The lowest BCUT2D eigenvalue weighted by Crippen LogP contribution is -2.37. The van der Waals surface area contributed by atoms with E-state index in [1.807, 2.05) is 6.92 Å². The first-order valence-corrected chi connectivity index (χ1v) is 6.57. The number of carboxylic acid groups (broad SMARTS) is 1. The molecule has 0 aliphatic carbocycles. The van der Waals surface area contributed by atoms with E-state index in [0.29, 0.717) is 13.0 Å². The van der Waals surface area contributed by atoms with Crippen LogP contribution in [0.25, 0.3) is 0 Å². The number of benzene rings is 1. The molecule has 108 valence electrons. The van der Waals surface area contributed by atoms with Crippen molar-refractivity contribution >= 4 is 17.6 Å². The summed E-state index contributed by atoms with van der Waals surface area (Å²) in [4.78, 5) is 23.3. The molecule has 20 heavy (non-hydrogen) atoms. The highest BCUT2D eigenvalue weighted by Gasteiger charge is 2.39. The summed E-state index contributed by atoms with van der Waals surface area (Å²) < 4.78 is 0. The van der Waals surface area contributed by atoms with Crippen LogP contribution in [0.4, 0.5) is 5.69 Å². The van der Waals surface area contributed by atoms with Gasteiger partial charge in [0.2, 0.25) is 5.91 Å². The van der Waals surface area contributed by atoms with Crippen molar-refractivity contribution in [3.8, 4) is 5.75 Å². The Balaban J connectivity index is 2.23. The molecule has 4 N–H and O–H groups in total. The molecule has 0 radical (unpaired) electrons. The summed E-state index contributed by atoms with van der Waals surface area (Å²) in [6.07, 6.45) is 1.42. The molecule has 0 spiro atoms. The molecule has 1 aliphatic rings. The summed E-state index contributed by atoms with van der Waals surface area (Å²) in [7, 11) is 0. The Morgan fingerprint density at radius 2 is 2.20 bits per heavy atom. The molecule has 6 nitrogen and oxygen atoms in total. The molecular formula is C14H18N2O4. The largest absolute Gasteiger partial charge is 0.506 e. The van der Waals surface area contributed by atoms with Gasteiger partial charge in [0.15, 0.2) is 0 Å². The van der Waals surface area contributed by atoms with E-state index in [1.165, 1.54) is 18.2 Å². The van der Waals surface area contributed by atoms with Crippen LogP contribution in [0.3, 0.4) is 0 Å². The van der Waals surface area contributed by atoms with Crippen molar-refractivity contribution in [1.29, 1.82) is 0 Å². The molecule has 0 aromatic heterocycles. The number of phenolic OH excluding ortho intramolecular Hbond substituents is 1. The molecule has 1 fully saturated rings. The van der Waals surface area contributed by atoms with Crippen LogP contribution in [0.2, 0.25) is 0 Å². The number of anilines is 1. The number of aromatic carboxylic acids is 1. The maximum atomic E-state index is 12.4. The van der Waals surface area contributed by atoms with E-state index in [-0.39, 0.29) is 22.9 Å². The molecule has 6 heteroatoms. The lowest BCUT2D eigenvalue weighted by Gasteiger charge is -2.25. The Labute approximate surface area is 116 Å². The second-order valence-electron chi connectivity index (χ2n) is 5.05. The second kappa shape index (κ2) is 5.50. The minimum atomic E-state index is -1.10. The molecule has 1 aliphatic heterocycles. The fourth-order valence-corrected chi connectivity index (χ4v) is 2.42. The van der Waals surface area contributed by atoms with E-state index in [1.54, 1.807) is 0 Å². The zero-order valence-electron chi connectivity index (χ0n) is 11.3. The van der Waals surface area contributed by atoms with Gasteiger partial charge in [0.05, 0.1) is 16.7 Å². The maximum absolute atomic E-state index is 12.4. The highest BCUT2D eigenvalue weighted by Crippen LogP contribution is 2.33. The molecule has 2 rings (SSSR count). The topological polar surface area (TPSA) is 98.7 Å². The van der Waals surface area contributed by atoms with Gasteiger partial charge in [-0.3, -0.25) is 4.79 Å². The minimum Gasteiger partial charge on any atom is -0.506 e. The number of hydrogen-bond donors (Lipinski definition) is 4. The van der Waals surface area contributed by atoms with E-state index in [4.69, 9.17) is 5.11 Å². The van der Waals surface area contributed by atoms with Gasteiger partial charge < -0.3 is 20.8 Å². The second-order valence-corrected chi connectivity index (χ2v) is 5.05. The predicted octanol–water partition coefficient (Wildman–Crippen LogP) is 1.42. The number of aromatic hydroxyl groups is 1. The normalized spacial score (nSPS) is 21.6. The summed E-state index contributed by atoms with van der Waals surface area (Å²) in [6, 6.07) is 3.83. The molecule has 1 heterocycles. The number of carboxylic acids is 1. The van der Waals surface area contributed by atoms with Gasteiger partial charge in [0, 0.05) is 6.54 Å². The number of carbonyl (C=O) groups is 2. The Kier molecular flexibility index (Phi) is 3.94. The van der Waals surface area contributed by atoms with Crippen molar-refractivity contribution in [2.75, 3.05) is 18.4 Å². The first kappa shape index (κ1) is 14.3. The third kappa shape index (κ3) is 2.60. The maximum Gasteiger partial charge on any atom is 0.335 e. The van der Waals surface area contributed by atoms with E-state index < -0.39 is 11.4 Å². The van der Waals surface area contributed by atoms with Gasteiger partial charge in [0.25, 0.3) is 0 Å². The summed E-state index contributed by atoms with van der Waals surface area (Å²) in [6.45, 7) is 3.32. The third-order valence-corrected chi connectivity index (χ3v) is 3.89. The minimum absolute atomic E-state index is 0.0215. The average Bonchev–Trinajstić information content (AvgIpc) is 2.91. The summed E-state index contributed by atoms with van der Waals surface area (Å²) in [5, 5.41) is 24.5. The monoisotopic (exact) mass is 278 g/mol. The Morgan fingerprint density at radius 1 is 1.45 bits per heavy atom. The van der Waals surface area contributed by atoms with Crippen LogP contribution in [0.1, 0.15) is 30.1 Å². The van der Waals surface area contributed by atoms with Gasteiger partial charge in [-0.15, -0.1) is 0 Å². The number of amides is 1. The van der Waals surface area contributed by atoms with Crippen molar-refractivity contribution in [2.45, 2.75) is 19.8 Å². The van der Waals surface area contributed by atoms with Crippen LogP contribution >= 0.6 is 0 Å². The van der Waals surface area contributed by atoms with Crippen LogP contribution < -0.4 is 10.6 Å². The molecule has 0 saturated carbocycles. The number of carbonyl (C=O) groups excluding carboxylic acids is 1. The van der Waals surface area contributed by atoms with Crippen LogP contribution in [0.15, 0.2) is 18.2 Å². The number of phenols is 1. The summed E-state index contributed by atoms with van der Waals surface area (Å²) in [5.41, 5.74) is -0.339. The molecule has 1 unspecified atom stereocenters. The third-order valence-electron chi connectivity index (χ3n) is 3.89. The van der Waals surface area contributed by atoms with Gasteiger partial charge in [-0.05, 0) is 37.6 Å². The van der Waals surface area contributed by atoms with E-state index >= 15 is 0 Å². The molecule has 1 aromatic rings. The van der Waals surface area contributed by atoms with Crippen molar-refractivity contribution in [1.82, 2.24) is 5.32 Å². The number of hydrogen-bond acceptors (Lipinski definition) is 4. The first-order valence-electron chi connectivity index (χ1n) is 6.57. The Hall–Kier alpha value is -2.08. The molecule has 1 amide bonds. The van der Waals surface area contributed by atoms with Crippen LogP contribution in [-0.2, 0) is 4.79 Å². The van der Waals surface area contributed by atoms with Crippen molar-refractivity contribution in [3.05, 3.63) is 23.8 Å². The smallest absolute Gasteiger partial charge is 0.335 e. The lowest BCUT2D eigenvalue weighted by atomic mass is 9.83. The first-order chi connectivity index (χ1) is 9.48. The zero-order valence-corrected chi connectivity index (χ0v) is 11.3. The van der Waals surface area contributed by atoms with Crippen molar-refractivity contribution < 1.29 is 19.8 Å². The van der Waals surface area contributed by atoms with E-state index in [0.717, 1.165) is 13.0 Å². The molecular weight excluding hydrogens is 260 g/mol. The number of nitrogens with one attached hydrogen (secondary N) is 2. The van der Waals surface area contributed by atoms with Gasteiger partial charge in [-0.25, -0.2) is 4.79 Å². The summed E-state index contributed by atoms with van der Waals surface area (Å²) >= 11 is 0. The van der Waals surface area contributed by atoms with Crippen LogP contribution in [0.5, 0.6) is 5.75 Å². The Morgan fingerprint density at radius 3 is 2.75 bits per heavy atom. The van der Waals surface area contributed by atoms with Gasteiger partial charge >= 0.3 is 5.97 Å². The van der Waals surface area contributed by atoms with Gasteiger partial charge in [-0.1, -0.05) is 6.92 Å². The van der Waals surface area contributed by atoms with Gasteiger partial charge in [-0.2, -0.15) is 0 Å². The predicted molar refractivity (Wildman–Crippen MR) is 73.9 cm³/mol. The van der Waals surface area contributed by atoms with Crippen LogP contribution in [-0.4, -0.2) is 35.2 Å².